The molecule has 0 heterocycles. The molecule has 0 aliphatic carbocycles. The summed E-state index contributed by atoms with van der Waals surface area (Å²) >= 11 is 0. The third-order valence-electron chi connectivity index (χ3n) is 3.24. The number of nitrogens with two attached hydrogens (primary N) is 1. The summed E-state index contributed by atoms with van der Waals surface area (Å²) in [5.74, 6) is 1.28. The molecule has 0 radical (unpaired) electrons. The summed E-state index contributed by atoms with van der Waals surface area (Å²) in [5, 5.41) is 0. The van der Waals surface area contributed by atoms with E-state index in [9.17, 15) is 4.21 Å². The van der Waals surface area contributed by atoms with Crippen LogP contribution in [0.3, 0.4) is 0 Å². The van der Waals surface area contributed by atoms with E-state index >= 15 is 0 Å². The largest absolute Gasteiger partial charge is 0.491 e. The second kappa shape index (κ2) is 7.27. The average Bonchev–Trinajstić information content (AvgIpc) is 2.47. The van der Waals surface area contributed by atoms with E-state index < -0.39 is 10.8 Å². The number of ether oxygens (including phenoxy) is 1. The molecule has 2 aromatic carbocycles. The molecule has 21 heavy (non-hydrogen) atoms. The molecule has 0 aliphatic rings. The van der Waals surface area contributed by atoms with Crippen LogP contribution in [0.2, 0.25) is 0 Å². The number of para-hydroxylation sites is 2. The summed E-state index contributed by atoms with van der Waals surface area (Å²) < 4.78 is 17.9. The highest BCUT2D eigenvalue weighted by atomic mass is 32.2. The molecule has 0 fully saturated rings. The molecule has 1 atom stereocenters. The zero-order valence-corrected chi connectivity index (χ0v) is 13.3. The molecule has 0 amide bonds. The van der Waals surface area contributed by atoms with Crippen LogP contribution in [0.4, 0.5) is 5.69 Å². The summed E-state index contributed by atoms with van der Waals surface area (Å²) in [7, 11) is -0.980. The summed E-state index contributed by atoms with van der Waals surface area (Å²) in [4.78, 5) is 0.925. The predicted octanol–water partition coefficient (Wildman–Crippen LogP) is 3.46. The van der Waals surface area contributed by atoms with Crippen LogP contribution in [0.1, 0.15) is 17.5 Å². The fraction of sp³-hybridized carbons (Fsp3) is 0.294. The van der Waals surface area contributed by atoms with Crippen LogP contribution in [-0.4, -0.2) is 16.6 Å². The Morgan fingerprint density at radius 1 is 1.14 bits per heavy atom. The Bertz CT molecular complexity index is 640. The van der Waals surface area contributed by atoms with Crippen molar-refractivity contribution in [2.45, 2.75) is 25.2 Å². The first-order valence-electron chi connectivity index (χ1n) is 7.01. The number of hydrogen-bond donors (Lipinski definition) is 1. The van der Waals surface area contributed by atoms with Gasteiger partial charge in [-0.3, -0.25) is 4.21 Å². The van der Waals surface area contributed by atoms with Gasteiger partial charge in [-0.15, -0.1) is 0 Å². The lowest BCUT2D eigenvalue weighted by atomic mass is 10.2. The van der Waals surface area contributed by atoms with Gasteiger partial charge in [0.2, 0.25) is 0 Å². The van der Waals surface area contributed by atoms with Crippen molar-refractivity contribution in [2.24, 2.45) is 0 Å². The first kappa shape index (κ1) is 15.6. The molecule has 0 aliphatic heterocycles. The molecule has 0 saturated heterocycles. The predicted molar refractivity (Wildman–Crippen MR) is 88.2 cm³/mol. The van der Waals surface area contributed by atoms with E-state index in [1.54, 1.807) is 0 Å². The van der Waals surface area contributed by atoms with Crippen molar-refractivity contribution >= 4 is 16.5 Å². The van der Waals surface area contributed by atoms with Crippen LogP contribution in [-0.2, 0) is 10.8 Å². The van der Waals surface area contributed by atoms with E-state index in [4.69, 9.17) is 10.5 Å². The van der Waals surface area contributed by atoms with Crippen LogP contribution >= 0.6 is 0 Å². The van der Waals surface area contributed by atoms with Crippen LogP contribution in [0.15, 0.2) is 47.4 Å². The van der Waals surface area contributed by atoms with E-state index in [1.165, 1.54) is 0 Å². The number of nitrogen functional groups attached to an aromatic ring is 1. The lowest BCUT2D eigenvalue weighted by Gasteiger charge is -2.09. The van der Waals surface area contributed by atoms with Crippen molar-refractivity contribution in [3.63, 3.8) is 0 Å². The van der Waals surface area contributed by atoms with Crippen LogP contribution in [0.5, 0.6) is 5.75 Å². The van der Waals surface area contributed by atoms with Crippen LogP contribution < -0.4 is 10.5 Å². The summed E-state index contributed by atoms with van der Waals surface area (Å²) in [6, 6.07) is 13.5. The Labute approximate surface area is 128 Å². The van der Waals surface area contributed by atoms with E-state index in [2.05, 4.69) is 0 Å². The summed E-state index contributed by atoms with van der Waals surface area (Å²) in [6.07, 6.45) is 0.730. The molecule has 0 bridgehead atoms. The van der Waals surface area contributed by atoms with Crippen molar-refractivity contribution < 1.29 is 8.95 Å². The molecule has 0 spiro atoms. The number of aryl methyl sites for hydroxylation is 2. The second-order valence-corrected chi connectivity index (χ2v) is 6.60. The fourth-order valence-corrected chi connectivity index (χ4v) is 3.39. The van der Waals surface area contributed by atoms with Gasteiger partial charge in [-0.25, -0.2) is 0 Å². The van der Waals surface area contributed by atoms with Gasteiger partial charge in [-0.05, 0) is 49.6 Å². The van der Waals surface area contributed by atoms with E-state index in [0.717, 1.165) is 22.4 Å². The molecule has 0 saturated carbocycles. The minimum atomic E-state index is -0.980. The minimum absolute atomic E-state index is 0.519. The lowest BCUT2D eigenvalue weighted by Crippen LogP contribution is -2.07. The third-order valence-corrected chi connectivity index (χ3v) is 4.83. The summed E-state index contributed by atoms with van der Waals surface area (Å²) in [6.45, 7) is 4.53. The molecule has 0 aromatic heterocycles. The van der Waals surface area contributed by atoms with Crippen LogP contribution in [0, 0.1) is 13.8 Å². The summed E-state index contributed by atoms with van der Waals surface area (Å²) in [5.41, 5.74) is 8.65. The van der Waals surface area contributed by atoms with Gasteiger partial charge >= 0.3 is 0 Å². The maximum absolute atomic E-state index is 12.3. The maximum Gasteiger partial charge on any atom is 0.142 e. The maximum atomic E-state index is 12.3. The molecule has 112 valence electrons. The fourth-order valence-electron chi connectivity index (χ4n) is 2.05. The zero-order chi connectivity index (χ0) is 15.2. The Morgan fingerprint density at radius 3 is 2.67 bits per heavy atom. The number of rotatable bonds is 6. The SMILES string of the molecule is Cc1ccc(C)c(S(=O)CCCOc2ccccc2N)c1. The Kier molecular flexibility index (Phi) is 5.39. The van der Waals surface area contributed by atoms with Gasteiger partial charge in [0.1, 0.15) is 5.75 Å². The smallest absolute Gasteiger partial charge is 0.142 e. The Balaban J connectivity index is 1.85. The van der Waals surface area contributed by atoms with Crippen molar-refractivity contribution in [1.29, 1.82) is 0 Å². The number of hydrogen-bond acceptors (Lipinski definition) is 3. The van der Waals surface area contributed by atoms with E-state index in [-0.39, 0.29) is 0 Å². The molecule has 1 unspecified atom stereocenters. The number of anilines is 1. The topological polar surface area (TPSA) is 52.3 Å². The normalized spacial score (nSPS) is 12.1. The standard InChI is InChI=1S/C17H21NO2S/c1-13-8-9-14(2)17(12-13)21(19)11-5-10-20-16-7-4-3-6-15(16)18/h3-4,6-9,12H,5,10-11,18H2,1-2H3. The van der Waals surface area contributed by atoms with Crippen molar-refractivity contribution in [3.05, 3.63) is 53.6 Å². The van der Waals surface area contributed by atoms with Gasteiger partial charge in [0.05, 0.1) is 23.1 Å². The number of benzene rings is 2. The van der Waals surface area contributed by atoms with Crippen LogP contribution in [0.25, 0.3) is 0 Å². The highest BCUT2D eigenvalue weighted by molar-refractivity contribution is 7.85. The van der Waals surface area contributed by atoms with Crippen molar-refractivity contribution in [2.75, 3.05) is 18.1 Å². The average molecular weight is 303 g/mol. The van der Waals surface area contributed by atoms with Gasteiger partial charge in [-0.1, -0.05) is 24.3 Å². The van der Waals surface area contributed by atoms with Gasteiger partial charge < -0.3 is 10.5 Å². The lowest BCUT2D eigenvalue weighted by molar-refractivity contribution is 0.320. The molecular weight excluding hydrogens is 282 g/mol. The first-order chi connectivity index (χ1) is 10.1. The molecule has 2 aromatic rings. The van der Waals surface area contributed by atoms with Gasteiger partial charge in [0.25, 0.3) is 0 Å². The molecular formula is C17H21NO2S. The highest BCUT2D eigenvalue weighted by Gasteiger charge is 2.08. The molecule has 3 nitrogen and oxygen atoms in total. The van der Waals surface area contributed by atoms with Gasteiger partial charge in [-0.2, -0.15) is 0 Å². The second-order valence-electron chi connectivity index (χ2n) is 5.06. The first-order valence-corrected chi connectivity index (χ1v) is 8.33. The zero-order valence-electron chi connectivity index (χ0n) is 12.5. The van der Waals surface area contributed by atoms with Gasteiger partial charge in [0, 0.05) is 10.6 Å². The Hall–Kier alpha value is -1.81. The van der Waals surface area contributed by atoms with E-state index in [0.29, 0.717) is 23.8 Å². The van der Waals surface area contributed by atoms with Crippen molar-refractivity contribution in [3.8, 4) is 5.75 Å². The van der Waals surface area contributed by atoms with Gasteiger partial charge in [0.15, 0.2) is 0 Å². The van der Waals surface area contributed by atoms with Crippen molar-refractivity contribution in [1.82, 2.24) is 0 Å². The molecule has 2 N–H and O–H groups in total. The highest BCUT2D eigenvalue weighted by Crippen LogP contribution is 2.20. The minimum Gasteiger partial charge on any atom is -0.491 e. The quantitative estimate of drug-likeness (QED) is 0.657. The monoisotopic (exact) mass is 303 g/mol. The van der Waals surface area contributed by atoms with E-state index in [1.807, 2.05) is 56.3 Å². The molecule has 2 rings (SSSR count). The Morgan fingerprint density at radius 2 is 1.90 bits per heavy atom. The third kappa shape index (κ3) is 4.33. The molecule has 4 heteroatoms.